The summed E-state index contributed by atoms with van der Waals surface area (Å²) in [7, 11) is 1.59. The van der Waals surface area contributed by atoms with Crippen molar-refractivity contribution in [2.75, 3.05) is 23.5 Å². The van der Waals surface area contributed by atoms with Crippen LogP contribution in [0, 0.1) is 6.92 Å². The smallest absolute Gasteiger partial charge is 0.255 e. The number of aryl methyl sites for hydroxylation is 1. The molecule has 178 valence electrons. The largest absolute Gasteiger partial charge is 0.497 e. The number of methoxy groups -OCH3 is 1. The number of benzene rings is 2. The quantitative estimate of drug-likeness (QED) is 0.437. The molecule has 1 saturated carbocycles. The van der Waals surface area contributed by atoms with Crippen LogP contribution in [0.25, 0.3) is 0 Å². The maximum atomic E-state index is 12.5. The maximum Gasteiger partial charge on any atom is 0.255 e. The molecular formula is C25H29N5O3S. The van der Waals surface area contributed by atoms with Gasteiger partial charge in [0.1, 0.15) is 11.6 Å². The molecule has 0 bridgehead atoms. The second-order valence-electron chi connectivity index (χ2n) is 8.29. The minimum atomic E-state index is -0.226. The van der Waals surface area contributed by atoms with Crippen molar-refractivity contribution in [3.63, 3.8) is 0 Å². The standard InChI is InChI=1S/C25H29N5O3S/c1-17-28-29-25(30(17)21-6-4-3-5-7-21)34-16-23(31)26-19-10-8-18(9-11-19)24(32)27-20-12-14-22(33-2)15-13-20/h8-15,21H,3-7,16H2,1-2H3,(H,26,31)(H,27,32). The van der Waals surface area contributed by atoms with Crippen LogP contribution in [0.3, 0.4) is 0 Å². The molecular weight excluding hydrogens is 450 g/mol. The van der Waals surface area contributed by atoms with E-state index in [4.69, 9.17) is 4.74 Å². The third kappa shape index (κ3) is 5.96. The highest BCUT2D eigenvalue weighted by Gasteiger charge is 2.21. The van der Waals surface area contributed by atoms with Crippen LogP contribution in [0.2, 0.25) is 0 Å². The molecule has 1 aliphatic rings. The van der Waals surface area contributed by atoms with Crippen LogP contribution in [-0.2, 0) is 4.79 Å². The first-order chi connectivity index (χ1) is 16.5. The van der Waals surface area contributed by atoms with E-state index in [1.165, 1.54) is 31.0 Å². The lowest BCUT2D eigenvalue weighted by Gasteiger charge is -2.24. The Kier molecular flexibility index (Phi) is 7.84. The number of thioether (sulfide) groups is 1. The van der Waals surface area contributed by atoms with E-state index in [-0.39, 0.29) is 17.6 Å². The van der Waals surface area contributed by atoms with Crippen LogP contribution in [0.5, 0.6) is 5.75 Å². The first-order valence-electron chi connectivity index (χ1n) is 11.4. The lowest BCUT2D eigenvalue weighted by atomic mass is 9.95. The number of nitrogens with one attached hydrogen (secondary N) is 2. The van der Waals surface area contributed by atoms with E-state index in [1.807, 2.05) is 6.92 Å². The minimum Gasteiger partial charge on any atom is -0.497 e. The molecule has 8 nitrogen and oxygen atoms in total. The second-order valence-corrected chi connectivity index (χ2v) is 9.23. The van der Waals surface area contributed by atoms with E-state index in [2.05, 4.69) is 25.4 Å². The molecule has 0 aliphatic heterocycles. The molecule has 1 fully saturated rings. The number of nitrogens with zero attached hydrogens (tertiary/aromatic N) is 3. The predicted octanol–water partition coefficient (Wildman–Crippen LogP) is 5.08. The van der Waals surface area contributed by atoms with Gasteiger partial charge in [0.2, 0.25) is 5.91 Å². The summed E-state index contributed by atoms with van der Waals surface area (Å²) in [6, 6.07) is 14.4. The van der Waals surface area contributed by atoms with Crippen molar-refractivity contribution in [3.8, 4) is 5.75 Å². The molecule has 34 heavy (non-hydrogen) atoms. The topological polar surface area (TPSA) is 98.1 Å². The molecule has 0 spiro atoms. The predicted molar refractivity (Wildman–Crippen MR) is 134 cm³/mol. The highest BCUT2D eigenvalue weighted by molar-refractivity contribution is 7.99. The van der Waals surface area contributed by atoms with Gasteiger partial charge in [0.05, 0.1) is 12.9 Å². The Morgan fingerprint density at radius 2 is 1.62 bits per heavy atom. The number of carbonyl (C=O) groups excluding carboxylic acids is 2. The average Bonchev–Trinajstić information content (AvgIpc) is 3.24. The van der Waals surface area contributed by atoms with E-state index in [0.717, 1.165) is 29.6 Å². The summed E-state index contributed by atoms with van der Waals surface area (Å²) in [6.07, 6.45) is 6.00. The summed E-state index contributed by atoms with van der Waals surface area (Å²) in [5.41, 5.74) is 1.81. The normalized spacial score (nSPS) is 13.9. The van der Waals surface area contributed by atoms with Crippen molar-refractivity contribution >= 4 is 35.0 Å². The van der Waals surface area contributed by atoms with Crippen molar-refractivity contribution < 1.29 is 14.3 Å². The number of carbonyl (C=O) groups is 2. The monoisotopic (exact) mass is 479 g/mol. The zero-order chi connectivity index (χ0) is 23.9. The van der Waals surface area contributed by atoms with E-state index in [9.17, 15) is 9.59 Å². The molecule has 2 amide bonds. The van der Waals surface area contributed by atoms with Crippen LogP contribution in [-0.4, -0.2) is 39.4 Å². The van der Waals surface area contributed by atoms with Crippen LogP contribution >= 0.6 is 11.8 Å². The van der Waals surface area contributed by atoms with Crippen LogP contribution < -0.4 is 15.4 Å². The van der Waals surface area contributed by atoms with E-state index >= 15 is 0 Å². The number of amides is 2. The highest BCUT2D eigenvalue weighted by atomic mass is 32.2. The van der Waals surface area contributed by atoms with Crippen LogP contribution in [0.15, 0.2) is 53.7 Å². The summed E-state index contributed by atoms with van der Waals surface area (Å²) in [5, 5.41) is 15.0. The zero-order valence-electron chi connectivity index (χ0n) is 19.4. The first-order valence-corrected chi connectivity index (χ1v) is 12.4. The van der Waals surface area contributed by atoms with Gasteiger partial charge in [-0.3, -0.25) is 9.59 Å². The van der Waals surface area contributed by atoms with E-state index in [1.54, 1.807) is 55.6 Å². The molecule has 4 rings (SSSR count). The fraction of sp³-hybridized carbons (Fsp3) is 0.360. The fourth-order valence-electron chi connectivity index (χ4n) is 4.12. The number of hydrogen-bond acceptors (Lipinski definition) is 6. The lowest BCUT2D eigenvalue weighted by Crippen LogP contribution is -2.17. The van der Waals surface area contributed by atoms with E-state index < -0.39 is 0 Å². The Bertz CT molecular complexity index is 1120. The summed E-state index contributed by atoms with van der Waals surface area (Å²) >= 11 is 1.41. The van der Waals surface area contributed by atoms with E-state index in [0.29, 0.717) is 23.0 Å². The third-order valence-electron chi connectivity index (χ3n) is 5.89. The van der Waals surface area contributed by atoms with Gasteiger partial charge in [-0.15, -0.1) is 10.2 Å². The Labute approximate surface area is 203 Å². The molecule has 2 N–H and O–H groups in total. The molecule has 0 saturated heterocycles. The van der Waals surface area contributed by atoms with Crippen molar-refractivity contribution in [1.82, 2.24) is 14.8 Å². The van der Waals surface area contributed by atoms with Gasteiger partial charge in [-0.05, 0) is 68.3 Å². The Morgan fingerprint density at radius 1 is 0.971 bits per heavy atom. The SMILES string of the molecule is COc1ccc(NC(=O)c2ccc(NC(=O)CSc3nnc(C)n3C3CCCCC3)cc2)cc1. The zero-order valence-corrected chi connectivity index (χ0v) is 20.2. The summed E-state index contributed by atoms with van der Waals surface area (Å²) < 4.78 is 7.31. The number of anilines is 2. The van der Waals surface area contributed by atoms with Gasteiger partial charge in [0.15, 0.2) is 5.16 Å². The van der Waals surface area contributed by atoms with Crippen molar-refractivity contribution in [2.24, 2.45) is 0 Å². The van der Waals surface area contributed by atoms with Crippen molar-refractivity contribution in [1.29, 1.82) is 0 Å². The lowest BCUT2D eigenvalue weighted by molar-refractivity contribution is -0.113. The molecule has 3 aromatic rings. The van der Waals surface area contributed by atoms with Crippen LogP contribution in [0.1, 0.15) is 54.3 Å². The van der Waals surface area contributed by atoms with Crippen LogP contribution in [0.4, 0.5) is 11.4 Å². The van der Waals surface area contributed by atoms with Gasteiger partial charge in [0.25, 0.3) is 5.91 Å². The van der Waals surface area contributed by atoms with Crippen molar-refractivity contribution in [2.45, 2.75) is 50.2 Å². The molecule has 1 aliphatic carbocycles. The second kappa shape index (κ2) is 11.2. The van der Waals surface area contributed by atoms with Gasteiger partial charge in [0, 0.05) is 23.0 Å². The number of hydrogen-bond donors (Lipinski definition) is 2. The molecule has 1 aromatic heterocycles. The molecule has 9 heteroatoms. The van der Waals surface area contributed by atoms with Crippen molar-refractivity contribution in [3.05, 3.63) is 59.9 Å². The minimum absolute atomic E-state index is 0.128. The number of rotatable bonds is 8. The molecule has 2 aromatic carbocycles. The van der Waals surface area contributed by atoms with Gasteiger partial charge in [-0.1, -0.05) is 31.0 Å². The molecule has 0 atom stereocenters. The Morgan fingerprint density at radius 3 is 2.29 bits per heavy atom. The number of aromatic nitrogens is 3. The summed E-state index contributed by atoms with van der Waals surface area (Å²) in [5.74, 6) is 1.51. The average molecular weight is 480 g/mol. The Balaban J connectivity index is 1.29. The molecule has 0 unspecified atom stereocenters. The van der Waals surface area contributed by atoms with Gasteiger partial charge in [-0.2, -0.15) is 0 Å². The summed E-state index contributed by atoms with van der Waals surface area (Å²) in [6.45, 7) is 1.97. The highest BCUT2D eigenvalue weighted by Crippen LogP contribution is 2.32. The van der Waals surface area contributed by atoms with Gasteiger partial charge >= 0.3 is 0 Å². The third-order valence-corrected chi connectivity index (χ3v) is 6.83. The van der Waals surface area contributed by atoms with Gasteiger partial charge < -0.3 is 19.9 Å². The molecule has 0 radical (unpaired) electrons. The fourth-order valence-corrected chi connectivity index (χ4v) is 4.97. The molecule has 1 heterocycles. The van der Waals surface area contributed by atoms with Gasteiger partial charge in [-0.25, -0.2) is 0 Å². The first kappa shape index (κ1) is 23.8. The number of ether oxygens (including phenoxy) is 1. The Hall–Kier alpha value is -3.33. The summed E-state index contributed by atoms with van der Waals surface area (Å²) in [4.78, 5) is 25.0. The maximum absolute atomic E-state index is 12.5.